The molecular weight excluding hydrogens is 257 g/mol. The molecule has 0 unspecified atom stereocenters. The van der Waals surface area contributed by atoms with Crippen molar-refractivity contribution in [3.05, 3.63) is 36.4 Å². The number of aromatic nitrogens is 1. The zero-order valence-electron chi connectivity index (χ0n) is 7.42. The Morgan fingerprint density at radius 2 is 1.73 bits per heavy atom. The third-order valence-corrected chi connectivity index (χ3v) is 3.02. The third-order valence-electron chi connectivity index (χ3n) is 1.82. The molecule has 0 radical (unpaired) electrons. The Kier molecular flexibility index (Phi) is 3.54. The van der Waals surface area contributed by atoms with Gasteiger partial charge in [0.15, 0.2) is 5.03 Å². The van der Waals surface area contributed by atoms with Crippen molar-refractivity contribution in [2.45, 2.75) is 5.03 Å². The topological polar surface area (TPSA) is 47.0 Å². The van der Waals surface area contributed by atoms with Gasteiger partial charge in [0.2, 0.25) is 0 Å². The molecule has 0 atom stereocenters. The van der Waals surface area contributed by atoms with E-state index in [1.54, 1.807) is 18.2 Å². The number of rotatable bonds is 1. The Morgan fingerprint density at radius 1 is 1.07 bits per heavy atom. The van der Waals surface area contributed by atoms with Gasteiger partial charge in [-0.2, -0.15) is 0 Å². The number of fused-ring (bicyclic) bond motifs is 1. The van der Waals surface area contributed by atoms with E-state index in [0.29, 0.717) is 5.52 Å². The van der Waals surface area contributed by atoms with Crippen LogP contribution in [0.1, 0.15) is 0 Å². The van der Waals surface area contributed by atoms with Crippen molar-refractivity contribution in [2.24, 2.45) is 0 Å². The lowest BCUT2D eigenvalue weighted by Crippen LogP contribution is -1.94. The van der Waals surface area contributed by atoms with Crippen molar-refractivity contribution < 1.29 is 8.42 Å². The normalized spacial score (nSPS) is 11.0. The minimum atomic E-state index is -3.73. The summed E-state index contributed by atoms with van der Waals surface area (Å²) in [6, 6.07) is 10.3. The summed E-state index contributed by atoms with van der Waals surface area (Å²) in [5, 5.41) is 0.773. The fourth-order valence-electron chi connectivity index (χ4n) is 1.18. The molecule has 1 heterocycles. The molecule has 0 aliphatic rings. The molecule has 0 saturated carbocycles. The van der Waals surface area contributed by atoms with Crippen molar-refractivity contribution in [3.8, 4) is 0 Å². The summed E-state index contributed by atoms with van der Waals surface area (Å²) in [5.41, 5.74) is 0.620. The summed E-state index contributed by atoms with van der Waals surface area (Å²) < 4.78 is 22.0. The van der Waals surface area contributed by atoms with E-state index in [-0.39, 0.29) is 17.4 Å². The first-order chi connectivity index (χ1) is 6.57. The van der Waals surface area contributed by atoms with Crippen LogP contribution in [-0.4, -0.2) is 13.4 Å². The highest BCUT2D eigenvalue weighted by molar-refractivity contribution is 8.13. The SMILES string of the molecule is Cl.O=S(=O)(Cl)c1ccc2ccccc2n1. The minimum absolute atomic E-state index is 0. The molecule has 0 amide bonds. The Morgan fingerprint density at radius 3 is 2.40 bits per heavy atom. The van der Waals surface area contributed by atoms with E-state index in [1.165, 1.54) is 6.07 Å². The molecule has 0 N–H and O–H groups in total. The van der Waals surface area contributed by atoms with Crippen molar-refractivity contribution in [1.82, 2.24) is 4.98 Å². The van der Waals surface area contributed by atoms with Gasteiger partial charge in [0.05, 0.1) is 5.52 Å². The summed E-state index contributed by atoms with van der Waals surface area (Å²) >= 11 is 0. The van der Waals surface area contributed by atoms with Gasteiger partial charge in [-0.15, -0.1) is 12.4 Å². The molecular formula is C9H7Cl2NO2S. The molecule has 80 valence electrons. The van der Waals surface area contributed by atoms with Gasteiger partial charge in [-0.1, -0.05) is 18.2 Å². The van der Waals surface area contributed by atoms with Crippen LogP contribution in [0.25, 0.3) is 10.9 Å². The predicted octanol–water partition coefficient (Wildman–Crippen LogP) is 2.58. The summed E-state index contributed by atoms with van der Waals surface area (Å²) in [6.07, 6.45) is 0. The molecule has 15 heavy (non-hydrogen) atoms. The van der Waals surface area contributed by atoms with Crippen LogP contribution in [0.4, 0.5) is 0 Å². The molecule has 3 nitrogen and oxygen atoms in total. The van der Waals surface area contributed by atoms with Crippen molar-refractivity contribution in [3.63, 3.8) is 0 Å². The van der Waals surface area contributed by atoms with Gasteiger partial charge in [0.1, 0.15) is 0 Å². The summed E-state index contributed by atoms with van der Waals surface area (Å²) in [4.78, 5) is 3.93. The molecule has 1 aromatic heterocycles. The summed E-state index contributed by atoms with van der Waals surface area (Å²) in [5.74, 6) is 0. The zero-order chi connectivity index (χ0) is 10.2. The Bertz CT molecular complexity index is 583. The van der Waals surface area contributed by atoms with Crippen molar-refractivity contribution in [2.75, 3.05) is 0 Å². The second-order valence-electron chi connectivity index (χ2n) is 2.78. The Balaban J connectivity index is 0.00000112. The molecule has 0 bridgehead atoms. The van der Waals surface area contributed by atoms with E-state index in [2.05, 4.69) is 4.98 Å². The number of pyridine rings is 1. The maximum Gasteiger partial charge on any atom is 0.278 e. The molecule has 0 fully saturated rings. The molecule has 0 aliphatic carbocycles. The Labute approximate surface area is 97.9 Å². The van der Waals surface area contributed by atoms with Gasteiger partial charge in [-0.05, 0) is 18.2 Å². The number of hydrogen-bond donors (Lipinski definition) is 0. The number of benzene rings is 1. The van der Waals surface area contributed by atoms with E-state index in [9.17, 15) is 8.42 Å². The predicted molar refractivity (Wildman–Crippen MR) is 62.0 cm³/mol. The number of nitrogens with zero attached hydrogens (tertiary/aromatic N) is 1. The first kappa shape index (κ1) is 12.2. The first-order valence-electron chi connectivity index (χ1n) is 3.88. The van der Waals surface area contributed by atoms with Gasteiger partial charge in [0, 0.05) is 16.1 Å². The van der Waals surface area contributed by atoms with Crippen LogP contribution in [0.5, 0.6) is 0 Å². The monoisotopic (exact) mass is 263 g/mol. The second-order valence-corrected chi connectivity index (χ2v) is 5.29. The number of hydrogen-bond acceptors (Lipinski definition) is 3. The molecule has 0 saturated heterocycles. The largest absolute Gasteiger partial charge is 0.278 e. The van der Waals surface area contributed by atoms with Gasteiger partial charge in [0.25, 0.3) is 9.05 Å². The van der Waals surface area contributed by atoms with E-state index < -0.39 is 9.05 Å². The second kappa shape index (κ2) is 4.35. The lowest BCUT2D eigenvalue weighted by Gasteiger charge is -1.98. The first-order valence-corrected chi connectivity index (χ1v) is 6.19. The van der Waals surface area contributed by atoms with Crippen LogP contribution >= 0.6 is 23.1 Å². The van der Waals surface area contributed by atoms with E-state index >= 15 is 0 Å². The molecule has 2 rings (SSSR count). The smallest absolute Gasteiger partial charge is 0.235 e. The molecule has 2 aromatic rings. The molecule has 1 aromatic carbocycles. The van der Waals surface area contributed by atoms with Gasteiger partial charge in [-0.3, -0.25) is 0 Å². The summed E-state index contributed by atoms with van der Waals surface area (Å²) in [6.45, 7) is 0. The molecule has 0 aliphatic heterocycles. The lowest BCUT2D eigenvalue weighted by molar-refractivity contribution is 0.606. The summed E-state index contributed by atoms with van der Waals surface area (Å²) in [7, 11) is 1.44. The number of halogens is 2. The van der Waals surface area contributed by atoms with Crippen LogP contribution in [0, 0.1) is 0 Å². The average Bonchev–Trinajstić information content (AvgIpc) is 2.16. The van der Waals surface area contributed by atoms with Crippen molar-refractivity contribution >= 4 is 43.0 Å². The highest BCUT2D eigenvalue weighted by Gasteiger charge is 2.11. The highest BCUT2D eigenvalue weighted by Crippen LogP contribution is 2.17. The van der Waals surface area contributed by atoms with Gasteiger partial charge in [-0.25, -0.2) is 13.4 Å². The average molecular weight is 264 g/mol. The maximum atomic E-state index is 11.0. The van der Waals surface area contributed by atoms with E-state index in [1.807, 2.05) is 12.1 Å². The fourth-order valence-corrected chi connectivity index (χ4v) is 1.88. The minimum Gasteiger partial charge on any atom is -0.235 e. The quantitative estimate of drug-likeness (QED) is 0.744. The van der Waals surface area contributed by atoms with E-state index in [0.717, 1.165) is 5.39 Å². The third kappa shape index (κ3) is 2.59. The van der Waals surface area contributed by atoms with Crippen molar-refractivity contribution in [1.29, 1.82) is 0 Å². The fraction of sp³-hybridized carbons (Fsp3) is 0. The molecule has 0 spiro atoms. The van der Waals surface area contributed by atoms with Gasteiger partial charge >= 0.3 is 0 Å². The Hall–Kier alpha value is -0.840. The number of para-hydroxylation sites is 1. The van der Waals surface area contributed by atoms with Crippen LogP contribution in [-0.2, 0) is 9.05 Å². The maximum absolute atomic E-state index is 11.0. The van der Waals surface area contributed by atoms with Crippen LogP contribution in [0.15, 0.2) is 41.4 Å². The molecule has 6 heteroatoms. The lowest BCUT2D eigenvalue weighted by atomic mass is 10.2. The van der Waals surface area contributed by atoms with Gasteiger partial charge < -0.3 is 0 Å². The van der Waals surface area contributed by atoms with E-state index in [4.69, 9.17) is 10.7 Å². The highest BCUT2D eigenvalue weighted by atomic mass is 35.7. The van der Waals surface area contributed by atoms with Crippen LogP contribution in [0.3, 0.4) is 0 Å². The zero-order valence-corrected chi connectivity index (χ0v) is 9.81. The van der Waals surface area contributed by atoms with Crippen LogP contribution in [0.2, 0.25) is 0 Å². The van der Waals surface area contributed by atoms with Crippen LogP contribution < -0.4 is 0 Å². The standard InChI is InChI=1S/C9H6ClNO2S.ClH/c10-14(12,13)9-6-5-7-3-1-2-4-8(7)11-9;/h1-6H;1H.